The van der Waals surface area contributed by atoms with E-state index in [1.54, 1.807) is 4.68 Å². The van der Waals surface area contributed by atoms with Gasteiger partial charge in [-0.2, -0.15) is 5.10 Å². The van der Waals surface area contributed by atoms with Crippen LogP contribution >= 0.6 is 0 Å². The number of carbonyl (C=O) groups excluding carboxylic acids is 1. The first-order chi connectivity index (χ1) is 8.35. The van der Waals surface area contributed by atoms with Crippen LogP contribution in [0.15, 0.2) is 6.20 Å². The molecule has 0 fully saturated rings. The topological polar surface area (TPSA) is 68.2 Å². The molecular formula is C12H20N4O2. The van der Waals surface area contributed by atoms with E-state index in [-0.39, 0.29) is 12.1 Å². The minimum Gasteiger partial charge on any atom is -0.444 e. The van der Waals surface area contributed by atoms with Gasteiger partial charge in [-0.1, -0.05) is 0 Å². The molecule has 1 amide bonds. The molecule has 1 atom stereocenters. The van der Waals surface area contributed by atoms with Gasteiger partial charge in [0.15, 0.2) is 0 Å². The number of amides is 1. The molecule has 1 aromatic heterocycles. The highest BCUT2D eigenvalue weighted by atomic mass is 16.6. The fraction of sp³-hybridized carbons (Fsp3) is 0.667. The second-order valence-corrected chi connectivity index (χ2v) is 5.57. The average Bonchev–Trinajstić information content (AvgIpc) is 2.57. The number of carbonyl (C=O) groups is 1. The smallest absolute Gasteiger partial charge is 0.407 e. The average molecular weight is 252 g/mol. The molecule has 1 aliphatic rings. The van der Waals surface area contributed by atoms with Gasteiger partial charge in [-0.25, -0.2) is 4.79 Å². The Morgan fingerprint density at radius 2 is 2.33 bits per heavy atom. The van der Waals surface area contributed by atoms with E-state index in [1.165, 1.54) is 0 Å². The Morgan fingerprint density at radius 3 is 3.00 bits per heavy atom. The van der Waals surface area contributed by atoms with Crippen molar-refractivity contribution in [1.29, 1.82) is 0 Å². The van der Waals surface area contributed by atoms with Crippen molar-refractivity contribution in [1.82, 2.24) is 15.1 Å². The highest BCUT2D eigenvalue weighted by molar-refractivity contribution is 5.68. The molecule has 0 saturated carbocycles. The van der Waals surface area contributed by atoms with Crippen LogP contribution in [0.3, 0.4) is 0 Å². The SMILES string of the molecule is Cn1ncc2c1NC[C@H](NC(=O)OC(C)(C)C)C2. The summed E-state index contributed by atoms with van der Waals surface area (Å²) in [5.74, 6) is 1.03. The number of hydrogen-bond donors (Lipinski definition) is 2. The molecule has 0 bridgehead atoms. The summed E-state index contributed by atoms with van der Waals surface area (Å²) in [5, 5.41) is 10.3. The van der Waals surface area contributed by atoms with Crippen molar-refractivity contribution in [2.45, 2.75) is 38.8 Å². The van der Waals surface area contributed by atoms with E-state index >= 15 is 0 Å². The molecule has 0 unspecified atom stereocenters. The minimum absolute atomic E-state index is 0.0385. The number of aryl methyl sites for hydroxylation is 1. The van der Waals surface area contributed by atoms with E-state index < -0.39 is 5.60 Å². The normalized spacial score (nSPS) is 18.8. The van der Waals surface area contributed by atoms with Crippen LogP contribution in [-0.4, -0.2) is 34.1 Å². The van der Waals surface area contributed by atoms with Gasteiger partial charge >= 0.3 is 6.09 Å². The van der Waals surface area contributed by atoms with E-state index in [9.17, 15) is 4.79 Å². The van der Waals surface area contributed by atoms with Gasteiger partial charge in [0.05, 0.1) is 12.2 Å². The van der Waals surface area contributed by atoms with Crippen molar-refractivity contribution in [3.05, 3.63) is 11.8 Å². The van der Waals surface area contributed by atoms with E-state index in [0.29, 0.717) is 6.54 Å². The molecule has 0 aliphatic carbocycles. The van der Waals surface area contributed by atoms with Gasteiger partial charge in [-0.3, -0.25) is 4.68 Å². The lowest BCUT2D eigenvalue weighted by atomic mass is 10.1. The second-order valence-electron chi connectivity index (χ2n) is 5.57. The van der Waals surface area contributed by atoms with Crippen LogP contribution in [0.2, 0.25) is 0 Å². The van der Waals surface area contributed by atoms with Crippen molar-refractivity contribution < 1.29 is 9.53 Å². The number of ether oxygens (including phenoxy) is 1. The highest BCUT2D eigenvalue weighted by Gasteiger charge is 2.24. The third-order valence-electron chi connectivity index (χ3n) is 2.72. The zero-order chi connectivity index (χ0) is 13.3. The summed E-state index contributed by atoms with van der Waals surface area (Å²) in [4.78, 5) is 11.7. The maximum atomic E-state index is 11.7. The minimum atomic E-state index is -0.467. The largest absolute Gasteiger partial charge is 0.444 e. The molecule has 2 rings (SSSR count). The van der Waals surface area contributed by atoms with E-state index in [2.05, 4.69) is 15.7 Å². The Bertz CT molecular complexity index is 447. The number of aromatic nitrogens is 2. The Morgan fingerprint density at radius 1 is 1.61 bits per heavy atom. The number of alkyl carbamates (subject to hydrolysis) is 1. The summed E-state index contributed by atoms with van der Waals surface area (Å²) < 4.78 is 7.04. The number of fused-ring (bicyclic) bond motifs is 1. The van der Waals surface area contributed by atoms with Crippen molar-refractivity contribution in [2.24, 2.45) is 7.05 Å². The Hall–Kier alpha value is -1.72. The monoisotopic (exact) mass is 252 g/mol. The van der Waals surface area contributed by atoms with Gasteiger partial charge < -0.3 is 15.4 Å². The van der Waals surface area contributed by atoms with Crippen molar-refractivity contribution in [2.75, 3.05) is 11.9 Å². The molecule has 100 valence electrons. The van der Waals surface area contributed by atoms with Crippen molar-refractivity contribution in [3.8, 4) is 0 Å². The summed E-state index contributed by atoms with van der Waals surface area (Å²) in [6.07, 6.45) is 2.22. The van der Waals surface area contributed by atoms with Crippen LogP contribution in [0.5, 0.6) is 0 Å². The zero-order valence-electron chi connectivity index (χ0n) is 11.3. The standard InChI is InChI=1S/C12H20N4O2/c1-12(2,3)18-11(17)15-9-5-8-6-14-16(4)10(8)13-7-9/h6,9,13H,5,7H2,1-4H3,(H,15,17)/t9-/m1/s1. The molecule has 0 aromatic carbocycles. The summed E-state index contributed by atoms with van der Waals surface area (Å²) >= 11 is 0. The van der Waals surface area contributed by atoms with Crippen LogP contribution in [0.25, 0.3) is 0 Å². The quantitative estimate of drug-likeness (QED) is 0.790. The molecule has 1 aliphatic heterocycles. The molecule has 0 radical (unpaired) electrons. The highest BCUT2D eigenvalue weighted by Crippen LogP contribution is 2.20. The summed E-state index contributed by atoms with van der Waals surface area (Å²) in [6.45, 7) is 6.24. The first-order valence-electron chi connectivity index (χ1n) is 6.09. The molecular weight excluding hydrogens is 232 g/mol. The van der Waals surface area contributed by atoms with Gasteiger partial charge in [-0.15, -0.1) is 0 Å². The summed E-state index contributed by atoms with van der Waals surface area (Å²) in [5.41, 5.74) is 0.649. The maximum Gasteiger partial charge on any atom is 0.407 e. The second kappa shape index (κ2) is 4.51. The van der Waals surface area contributed by atoms with Gasteiger partial charge in [0.1, 0.15) is 11.4 Å². The third kappa shape index (κ3) is 2.94. The van der Waals surface area contributed by atoms with Crippen molar-refractivity contribution in [3.63, 3.8) is 0 Å². The lowest BCUT2D eigenvalue weighted by Crippen LogP contribution is -2.45. The van der Waals surface area contributed by atoms with Crippen LogP contribution in [0.4, 0.5) is 10.6 Å². The Labute approximate surface area is 107 Å². The number of nitrogens with one attached hydrogen (secondary N) is 2. The van der Waals surface area contributed by atoms with Crippen molar-refractivity contribution >= 4 is 11.9 Å². The summed E-state index contributed by atoms with van der Waals surface area (Å²) in [7, 11) is 1.90. The fourth-order valence-electron chi connectivity index (χ4n) is 1.99. The van der Waals surface area contributed by atoms with Crippen LogP contribution in [0, 0.1) is 0 Å². The lowest BCUT2D eigenvalue weighted by molar-refractivity contribution is 0.0506. The molecule has 18 heavy (non-hydrogen) atoms. The predicted molar refractivity (Wildman–Crippen MR) is 68.6 cm³/mol. The summed E-state index contributed by atoms with van der Waals surface area (Å²) in [6, 6.07) is 0.0385. The molecule has 2 heterocycles. The fourth-order valence-corrected chi connectivity index (χ4v) is 1.99. The molecule has 6 heteroatoms. The first-order valence-corrected chi connectivity index (χ1v) is 6.09. The molecule has 6 nitrogen and oxygen atoms in total. The third-order valence-corrected chi connectivity index (χ3v) is 2.72. The first kappa shape index (κ1) is 12.7. The Kier molecular flexibility index (Phi) is 3.19. The maximum absolute atomic E-state index is 11.7. The van der Waals surface area contributed by atoms with E-state index in [0.717, 1.165) is 17.8 Å². The van der Waals surface area contributed by atoms with Crippen LogP contribution in [0.1, 0.15) is 26.3 Å². The number of rotatable bonds is 1. The Balaban J connectivity index is 1.92. The van der Waals surface area contributed by atoms with E-state index in [1.807, 2.05) is 34.0 Å². The van der Waals surface area contributed by atoms with Gasteiger partial charge in [0.25, 0.3) is 0 Å². The number of hydrogen-bond acceptors (Lipinski definition) is 4. The molecule has 1 aromatic rings. The number of anilines is 1. The van der Waals surface area contributed by atoms with Gasteiger partial charge in [-0.05, 0) is 27.2 Å². The predicted octanol–water partition coefficient (Wildman–Crippen LogP) is 1.28. The van der Waals surface area contributed by atoms with Gasteiger partial charge in [0.2, 0.25) is 0 Å². The molecule has 2 N–H and O–H groups in total. The molecule has 0 saturated heterocycles. The van der Waals surface area contributed by atoms with E-state index in [4.69, 9.17) is 4.74 Å². The lowest BCUT2D eigenvalue weighted by Gasteiger charge is -2.27. The zero-order valence-corrected chi connectivity index (χ0v) is 11.3. The van der Waals surface area contributed by atoms with Gasteiger partial charge in [0, 0.05) is 19.2 Å². The van der Waals surface area contributed by atoms with Crippen LogP contribution < -0.4 is 10.6 Å². The molecule has 0 spiro atoms. The van der Waals surface area contributed by atoms with Crippen LogP contribution in [-0.2, 0) is 18.2 Å². The number of nitrogens with zero attached hydrogens (tertiary/aromatic N) is 2.